The molecule has 4 aromatic heterocycles. The molecular formula is C25H23N9. The summed E-state index contributed by atoms with van der Waals surface area (Å²) in [5.74, 6) is 0.757. The van der Waals surface area contributed by atoms with Gasteiger partial charge in [-0.1, -0.05) is 12.1 Å². The minimum Gasteiger partial charge on any atom is -0.378 e. The minimum atomic E-state index is 0.459. The van der Waals surface area contributed by atoms with Crippen LogP contribution in [0.15, 0.2) is 67.3 Å². The van der Waals surface area contributed by atoms with Crippen LogP contribution in [0.3, 0.4) is 0 Å². The number of nitrogens with one attached hydrogen (secondary N) is 2. The number of pyridine rings is 2. The van der Waals surface area contributed by atoms with Crippen LogP contribution >= 0.6 is 0 Å². The third-order valence-corrected chi connectivity index (χ3v) is 5.44. The maximum Gasteiger partial charge on any atom is 0.155 e. The van der Waals surface area contributed by atoms with E-state index in [1.807, 2.05) is 73.7 Å². The highest BCUT2D eigenvalue weighted by atomic mass is 15.3. The Balaban J connectivity index is 1.51. The summed E-state index contributed by atoms with van der Waals surface area (Å²) in [4.78, 5) is 19.1. The van der Waals surface area contributed by atoms with Gasteiger partial charge in [-0.2, -0.15) is 10.4 Å². The van der Waals surface area contributed by atoms with Gasteiger partial charge in [-0.3, -0.25) is 4.98 Å². The van der Waals surface area contributed by atoms with Crippen molar-refractivity contribution in [2.75, 3.05) is 19.4 Å². The van der Waals surface area contributed by atoms with Gasteiger partial charge in [-0.15, -0.1) is 0 Å². The van der Waals surface area contributed by atoms with E-state index in [1.54, 1.807) is 10.7 Å². The molecule has 0 aliphatic carbocycles. The molecule has 0 amide bonds. The molecule has 0 unspecified atom stereocenters. The lowest BCUT2D eigenvalue weighted by Gasteiger charge is -2.16. The number of anilines is 1. The number of hydrogen-bond acceptors (Lipinski definition) is 7. The lowest BCUT2D eigenvalue weighted by molar-refractivity contribution is 0.402. The van der Waals surface area contributed by atoms with Crippen LogP contribution < -0.4 is 5.32 Å². The number of fused-ring (bicyclic) bond motifs is 1. The van der Waals surface area contributed by atoms with Crippen LogP contribution in [0.5, 0.6) is 0 Å². The van der Waals surface area contributed by atoms with Gasteiger partial charge in [0.1, 0.15) is 12.2 Å². The first-order valence-corrected chi connectivity index (χ1v) is 10.8. The van der Waals surface area contributed by atoms with Crippen molar-refractivity contribution < 1.29 is 0 Å². The largest absolute Gasteiger partial charge is 0.378 e. The maximum atomic E-state index is 9.56. The van der Waals surface area contributed by atoms with Crippen molar-refractivity contribution in [3.8, 4) is 28.7 Å². The van der Waals surface area contributed by atoms with E-state index in [9.17, 15) is 5.26 Å². The summed E-state index contributed by atoms with van der Waals surface area (Å²) in [6.07, 6.45) is 5.20. The van der Waals surface area contributed by atoms with Crippen LogP contribution in [0, 0.1) is 11.3 Å². The number of imidazole rings is 1. The molecule has 0 spiro atoms. The van der Waals surface area contributed by atoms with E-state index in [0.29, 0.717) is 18.7 Å². The van der Waals surface area contributed by atoms with Gasteiger partial charge in [0.25, 0.3) is 0 Å². The van der Waals surface area contributed by atoms with Crippen molar-refractivity contribution in [1.29, 1.82) is 5.26 Å². The molecule has 2 N–H and O–H groups in total. The molecule has 0 saturated carbocycles. The Morgan fingerprint density at radius 1 is 1.09 bits per heavy atom. The molecule has 4 heterocycles. The maximum absolute atomic E-state index is 9.56. The zero-order chi connectivity index (χ0) is 23.5. The highest BCUT2D eigenvalue weighted by molar-refractivity contribution is 5.77. The molecule has 0 aliphatic heterocycles. The van der Waals surface area contributed by atoms with E-state index < -0.39 is 0 Å². The molecule has 0 saturated heterocycles. The number of benzene rings is 1. The second-order valence-corrected chi connectivity index (χ2v) is 8.14. The van der Waals surface area contributed by atoms with E-state index in [1.165, 1.54) is 6.33 Å². The van der Waals surface area contributed by atoms with Crippen LogP contribution in [0.2, 0.25) is 0 Å². The first-order chi connectivity index (χ1) is 16.6. The fourth-order valence-corrected chi connectivity index (χ4v) is 3.89. The average Bonchev–Trinajstić information content (AvgIpc) is 3.50. The Morgan fingerprint density at radius 3 is 2.79 bits per heavy atom. The van der Waals surface area contributed by atoms with Crippen LogP contribution in [0.1, 0.15) is 17.0 Å². The molecule has 0 atom stereocenters. The summed E-state index contributed by atoms with van der Waals surface area (Å²) in [6.45, 7) is 1.12. The van der Waals surface area contributed by atoms with Crippen LogP contribution in [-0.2, 0) is 13.1 Å². The summed E-state index contributed by atoms with van der Waals surface area (Å²) in [6, 6.07) is 17.7. The monoisotopic (exact) mass is 449 g/mol. The summed E-state index contributed by atoms with van der Waals surface area (Å²) in [7, 11) is 3.98. The normalized spacial score (nSPS) is 11.1. The summed E-state index contributed by atoms with van der Waals surface area (Å²) in [5.41, 5.74) is 6.62. The first kappa shape index (κ1) is 21.3. The summed E-state index contributed by atoms with van der Waals surface area (Å²) in [5, 5.41) is 17.3. The van der Waals surface area contributed by atoms with Crippen molar-refractivity contribution in [3.05, 3.63) is 84.2 Å². The number of hydrogen-bond donors (Lipinski definition) is 2. The van der Waals surface area contributed by atoms with Crippen molar-refractivity contribution in [1.82, 2.24) is 34.4 Å². The second kappa shape index (κ2) is 9.13. The number of nitrogens with zero attached hydrogens (tertiary/aromatic N) is 7. The zero-order valence-electron chi connectivity index (χ0n) is 18.9. The van der Waals surface area contributed by atoms with Crippen LogP contribution in [0.25, 0.3) is 28.3 Å². The molecule has 0 bridgehead atoms. The molecule has 0 fully saturated rings. The fraction of sp³-hybridized carbons (Fsp3) is 0.160. The van der Waals surface area contributed by atoms with Crippen LogP contribution in [-0.4, -0.2) is 48.5 Å². The molecule has 1 aromatic carbocycles. The Kier molecular flexibility index (Phi) is 5.72. The van der Waals surface area contributed by atoms with Gasteiger partial charge in [0, 0.05) is 35.8 Å². The van der Waals surface area contributed by atoms with Gasteiger partial charge in [0.2, 0.25) is 0 Å². The van der Waals surface area contributed by atoms with E-state index in [2.05, 4.69) is 31.4 Å². The highest BCUT2D eigenvalue weighted by Gasteiger charge is 2.17. The van der Waals surface area contributed by atoms with Gasteiger partial charge >= 0.3 is 0 Å². The Bertz CT molecular complexity index is 1480. The van der Waals surface area contributed by atoms with Gasteiger partial charge in [0.05, 0.1) is 35.3 Å². The standard InChI is InChI=1S/C25H23N9/c1-33(2)15-19-17(12-26)6-5-8-20(19)28-13-22-31-24(25(32-22)21-7-3-4-11-27-21)18-9-10-23-29-16-30-34(23)14-18/h3-11,14,16,28H,13,15H2,1-2H3,(H,31,32). The quantitative estimate of drug-likeness (QED) is 0.389. The number of aromatic amines is 1. The predicted octanol–water partition coefficient (Wildman–Crippen LogP) is 3.73. The van der Waals surface area contributed by atoms with Gasteiger partial charge in [-0.05, 0) is 50.5 Å². The molecule has 5 aromatic rings. The molecule has 9 nitrogen and oxygen atoms in total. The topological polar surface area (TPSA) is 111 Å². The molecule has 0 aliphatic rings. The van der Waals surface area contributed by atoms with Crippen molar-refractivity contribution >= 4 is 11.3 Å². The molecule has 5 rings (SSSR count). The SMILES string of the molecule is CN(C)Cc1c(C#N)cccc1NCc1nc(-c2ccc3ncnn3c2)c(-c2ccccn2)[nH]1. The number of H-pyrrole nitrogens is 1. The van der Waals surface area contributed by atoms with Crippen molar-refractivity contribution in [2.24, 2.45) is 0 Å². The van der Waals surface area contributed by atoms with E-state index >= 15 is 0 Å². The molecule has 34 heavy (non-hydrogen) atoms. The van der Waals surface area contributed by atoms with E-state index in [4.69, 9.17) is 4.98 Å². The molecule has 9 heteroatoms. The Morgan fingerprint density at radius 2 is 2.00 bits per heavy atom. The van der Waals surface area contributed by atoms with Gasteiger partial charge in [0.15, 0.2) is 5.65 Å². The fourth-order valence-electron chi connectivity index (χ4n) is 3.89. The molecular weight excluding hydrogens is 426 g/mol. The number of nitriles is 1. The summed E-state index contributed by atoms with van der Waals surface area (Å²) < 4.78 is 1.73. The molecule has 0 radical (unpaired) electrons. The third-order valence-electron chi connectivity index (χ3n) is 5.44. The second-order valence-electron chi connectivity index (χ2n) is 8.14. The third kappa shape index (κ3) is 4.22. The van der Waals surface area contributed by atoms with Crippen molar-refractivity contribution in [3.63, 3.8) is 0 Å². The Labute approximate surface area is 196 Å². The highest BCUT2D eigenvalue weighted by Crippen LogP contribution is 2.29. The average molecular weight is 450 g/mol. The molecule has 168 valence electrons. The first-order valence-electron chi connectivity index (χ1n) is 10.8. The predicted molar refractivity (Wildman–Crippen MR) is 130 cm³/mol. The van der Waals surface area contributed by atoms with E-state index in [0.717, 1.165) is 45.4 Å². The lowest BCUT2D eigenvalue weighted by atomic mass is 10.1. The van der Waals surface area contributed by atoms with E-state index in [-0.39, 0.29) is 0 Å². The summed E-state index contributed by atoms with van der Waals surface area (Å²) >= 11 is 0. The lowest BCUT2D eigenvalue weighted by Crippen LogP contribution is -2.14. The zero-order valence-corrected chi connectivity index (χ0v) is 18.9. The number of rotatable bonds is 7. The minimum absolute atomic E-state index is 0.459. The van der Waals surface area contributed by atoms with Crippen LogP contribution in [0.4, 0.5) is 5.69 Å². The van der Waals surface area contributed by atoms with Gasteiger partial charge < -0.3 is 15.2 Å². The van der Waals surface area contributed by atoms with Gasteiger partial charge in [-0.25, -0.2) is 14.5 Å². The smallest absolute Gasteiger partial charge is 0.155 e. The number of aromatic nitrogens is 6. The van der Waals surface area contributed by atoms with Crippen molar-refractivity contribution in [2.45, 2.75) is 13.1 Å². The Hall–Kier alpha value is -4.55.